The third-order valence-corrected chi connectivity index (χ3v) is 6.97. The van der Waals surface area contributed by atoms with Crippen molar-refractivity contribution >= 4 is 27.7 Å². The fraction of sp³-hybridized carbons (Fsp3) is 0.267. The molecule has 0 radical (unpaired) electrons. The quantitative estimate of drug-likeness (QED) is 0.0966. The fourth-order valence-electron chi connectivity index (χ4n) is 4.42. The van der Waals surface area contributed by atoms with Crippen molar-refractivity contribution in [3.63, 3.8) is 0 Å². The van der Waals surface area contributed by atoms with Crippen LogP contribution in [0, 0.1) is 5.82 Å². The maximum absolute atomic E-state index is 13.8. The van der Waals surface area contributed by atoms with Gasteiger partial charge in [0.25, 0.3) is 5.91 Å². The van der Waals surface area contributed by atoms with Crippen molar-refractivity contribution in [1.82, 2.24) is 10.9 Å². The number of alkyl halides is 3. The van der Waals surface area contributed by atoms with Crippen LogP contribution in [-0.2, 0) is 22.3 Å². The molecule has 0 spiro atoms. The molecule has 3 aromatic carbocycles. The second kappa shape index (κ2) is 13.5. The van der Waals surface area contributed by atoms with Gasteiger partial charge in [-0.15, -0.1) is 6.58 Å². The molecule has 0 fully saturated rings. The summed E-state index contributed by atoms with van der Waals surface area (Å²) in [7, 11) is 0. The molecule has 0 aromatic heterocycles. The zero-order valence-electron chi connectivity index (χ0n) is 22.3. The number of aliphatic hydroxyl groups excluding tert-OH is 1. The van der Waals surface area contributed by atoms with E-state index in [1.165, 1.54) is 6.08 Å². The van der Waals surface area contributed by atoms with Crippen molar-refractivity contribution in [1.29, 1.82) is 0 Å². The highest BCUT2D eigenvalue weighted by atomic mass is 79.9. The van der Waals surface area contributed by atoms with Crippen LogP contribution >= 0.6 is 15.9 Å². The van der Waals surface area contributed by atoms with Crippen molar-refractivity contribution in [2.45, 2.75) is 37.2 Å². The molecule has 222 valence electrons. The Balaban J connectivity index is 1.61. The maximum atomic E-state index is 13.8. The fourth-order valence-corrected chi connectivity index (χ4v) is 4.69. The smallest absolute Gasteiger partial charge is 0.416 e. The van der Waals surface area contributed by atoms with Crippen LogP contribution in [0.25, 0.3) is 0 Å². The Hall–Kier alpha value is -3.74. The number of hydrazine groups is 1. The molecule has 7 nitrogen and oxygen atoms in total. The molecule has 2 atom stereocenters. The van der Waals surface area contributed by atoms with Gasteiger partial charge in [0.05, 0.1) is 12.2 Å². The highest BCUT2D eigenvalue weighted by Gasteiger charge is 2.52. The van der Waals surface area contributed by atoms with E-state index in [0.29, 0.717) is 36.0 Å². The van der Waals surface area contributed by atoms with Crippen molar-refractivity contribution < 1.29 is 36.9 Å². The Morgan fingerprint density at radius 1 is 1.14 bits per heavy atom. The number of rotatable bonds is 12. The van der Waals surface area contributed by atoms with E-state index in [0.717, 1.165) is 16.6 Å². The predicted octanol–water partition coefficient (Wildman–Crippen LogP) is 6.02. The molecule has 4 rings (SSSR count). The van der Waals surface area contributed by atoms with Gasteiger partial charge in [-0.05, 0) is 65.7 Å². The van der Waals surface area contributed by atoms with Gasteiger partial charge in [-0.1, -0.05) is 34.1 Å². The van der Waals surface area contributed by atoms with Crippen LogP contribution in [0.1, 0.15) is 41.2 Å². The van der Waals surface area contributed by atoms with E-state index in [2.05, 4.69) is 33.4 Å². The van der Waals surface area contributed by atoms with Crippen molar-refractivity contribution in [3.8, 4) is 5.75 Å². The molecule has 0 aliphatic carbocycles. The number of carbonyl (C=O) groups is 1. The third-order valence-electron chi connectivity index (χ3n) is 6.44. The van der Waals surface area contributed by atoms with E-state index >= 15 is 0 Å². The lowest BCUT2D eigenvalue weighted by molar-refractivity contribution is -0.138. The molecule has 1 aliphatic heterocycles. The summed E-state index contributed by atoms with van der Waals surface area (Å²) >= 11 is 3.40. The lowest BCUT2D eigenvalue weighted by atomic mass is 9.84. The molecule has 1 aliphatic rings. The Kier molecular flexibility index (Phi) is 10.0. The first-order valence-electron chi connectivity index (χ1n) is 12.9. The van der Waals surface area contributed by atoms with Gasteiger partial charge in [-0.2, -0.15) is 13.2 Å². The first kappa shape index (κ1) is 31.2. The summed E-state index contributed by atoms with van der Waals surface area (Å²) in [6, 6.07) is 16.2. The molecule has 3 N–H and O–H groups in total. The van der Waals surface area contributed by atoms with Crippen molar-refractivity contribution in [2.24, 2.45) is 4.99 Å². The van der Waals surface area contributed by atoms with Gasteiger partial charge in [-0.3, -0.25) is 10.2 Å². The topological polar surface area (TPSA) is 92.2 Å². The van der Waals surface area contributed by atoms with E-state index in [9.17, 15) is 22.4 Å². The van der Waals surface area contributed by atoms with Crippen LogP contribution in [0.2, 0.25) is 0 Å². The summed E-state index contributed by atoms with van der Waals surface area (Å²) in [4.78, 5) is 18.5. The van der Waals surface area contributed by atoms with Gasteiger partial charge in [0.2, 0.25) is 5.90 Å². The molecule has 42 heavy (non-hydrogen) atoms. The molecule has 0 saturated carbocycles. The largest absolute Gasteiger partial charge is 0.494 e. The zero-order valence-corrected chi connectivity index (χ0v) is 23.8. The number of amides is 1. The minimum absolute atomic E-state index is 0.0132. The molecule has 1 amide bonds. The average Bonchev–Trinajstić information content (AvgIpc) is 3.34. The summed E-state index contributed by atoms with van der Waals surface area (Å²) in [5, 5.41) is 8.95. The van der Waals surface area contributed by atoms with E-state index in [1.807, 2.05) is 0 Å². The Labute approximate surface area is 248 Å². The molecular formula is C30H28BrF4N3O4. The Bertz CT molecular complexity index is 1430. The number of aliphatic imine (C=N–C) groups is 1. The summed E-state index contributed by atoms with van der Waals surface area (Å²) in [6.07, 6.45) is -3.52. The van der Waals surface area contributed by atoms with Crippen molar-refractivity contribution in [3.05, 3.63) is 112 Å². The monoisotopic (exact) mass is 649 g/mol. The number of ether oxygens (including phenoxy) is 2. The summed E-state index contributed by atoms with van der Waals surface area (Å²) < 4.78 is 65.9. The van der Waals surface area contributed by atoms with Gasteiger partial charge in [0.1, 0.15) is 11.6 Å². The highest BCUT2D eigenvalue weighted by molar-refractivity contribution is 9.10. The predicted molar refractivity (Wildman–Crippen MR) is 152 cm³/mol. The van der Waals surface area contributed by atoms with E-state index in [1.54, 1.807) is 48.5 Å². The van der Waals surface area contributed by atoms with Gasteiger partial charge >= 0.3 is 6.18 Å². The Morgan fingerprint density at radius 3 is 2.50 bits per heavy atom. The summed E-state index contributed by atoms with van der Waals surface area (Å²) in [5.41, 5.74) is 3.67. The van der Waals surface area contributed by atoms with Gasteiger partial charge in [0.15, 0.2) is 11.6 Å². The number of benzene rings is 3. The summed E-state index contributed by atoms with van der Waals surface area (Å²) in [6.45, 7) is 3.87. The number of nitrogens with zero attached hydrogens (tertiary/aromatic N) is 1. The molecular weight excluding hydrogens is 622 g/mol. The summed E-state index contributed by atoms with van der Waals surface area (Å²) in [5.74, 6) is -0.890. The van der Waals surface area contributed by atoms with Gasteiger partial charge in [-0.25, -0.2) is 14.8 Å². The molecule has 0 saturated heterocycles. The molecule has 0 unspecified atom stereocenters. The first-order valence-corrected chi connectivity index (χ1v) is 13.7. The number of halogens is 5. The lowest BCUT2D eigenvalue weighted by Crippen LogP contribution is -2.52. The van der Waals surface area contributed by atoms with Crippen LogP contribution in [0.5, 0.6) is 5.75 Å². The zero-order chi connectivity index (χ0) is 30.3. The third kappa shape index (κ3) is 7.36. The number of carbonyl (C=O) groups excluding carboxylic acids is 1. The Morgan fingerprint density at radius 2 is 1.86 bits per heavy atom. The van der Waals surface area contributed by atoms with E-state index in [4.69, 9.17) is 19.6 Å². The van der Waals surface area contributed by atoms with Gasteiger partial charge in [0, 0.05) is 36.0 Å². The lowest BCUT2D eigenvalue weighted by Gasteiger charge is -2.29. The minimum atomic E-state index is -4.72. The number of hydrogen-bond acceptors (Lipinski definition) is 6. The first-order chi connectivity index (χ1) is 20.1. The van der Waals surface area contributed by atoms with E-state index < -0.39 is 35.1 Å². The number of aliphatic hydroxyl groups is 1. The second-order valence-corrected chi connectivity index (χ2v) is 10.4. The van der Waals surface area contributed by atoms with Crippen molar-refractivity contribution in [2.75, 3.05) is 13.2 Å². The van der Waals surface area contributed by atoms with Crippen LogP contribution in [0.3, 0.4) is 0 Å². The van der Waals surface area contributed by atoms with Gasteiger partial charge < -0.3 is 14.6 Å². The van der Waals surface area contributed by atoms with Crippen LogP contribution in [0.15, 0.2) is 88.9 Å². The van der Waals surface area contributed by atoms with Crippen LogP contribution in [-0.4, -0.2) is 35.7 Å². The second-order valence-electron chi connectivity index (χ2n) is 9.49. The molecule has 12 heteroatoms. The van der Waals surface area contributed by atoms with E-state index in [-0.39, 0.29) is 31.0 Å². The molecule has 1 heterocycles. The van der Waals surface area contributed by atoms with Crippen LogP contribution < -0.4 is 15.6 Å². The maximum Gasteiger partial charge on any atom is 0.416 e. The number of nitrogens with one attached hydrogen (secondary N) is 2. The normalized spacial score (nSPS) is 18.2. The standard InChI is InChI=1S/C30H28BrF4N3O4/c1-2-12-29(28(40)38-36-18-19-15-22(30(33,34)35)17-24(32)16-19)26(20-4-8-23(31)9-5-20)42-27(37-29)21-6-10-25(11-7-21)41-14-3-13-39/h2,4-11,15-17,26,36,39H,1,3,12-14,18H2,(H,38,40)/t26-,29-/m0/s1. The molecule has 0 bridgehead atoms. The number of hydrogen-bond donors (Lipinski definition) is 3. The highest BCUT2D eigenvalue weighted by Crippen LogP contribution is 2.43. The average molecular weight is 650 g/mol. The van der Waals surface area contributed by atoms with Crippen LogP contribution in [0.4, 0.5) is 17.6 Å². The minimum Gasteiger partial charge on any atom is -0.494 e. The SMILES string of the molecule is C=CC[C@]1(C(=O)NNCc2cc(F)cc(C(F)(F)F)c2)N=C(c2ccc(OCCCO)cc2)O[C@H]1c1ccc(Br)cc1. The molecule has 3 aromatic rings.